The summed E-state index contributed by atoms with van der Waals surface area (Å²) in [7, 11) is 0. The van der Waals surface area contributed by atoms with Crippen LogP contribution in [0.2, 0.25) is 0 Å². The quantitative estimate of drug-likeness (QED) is 0.339. The van der Waals surface area contributed by atoms with Crippen molar-refractivity contribution in [2.24, 2.45) is 0 Å². The molecule has 0 saturated carbocycles. The van der Waals surface area contributed by atoms with Crippen LogP contribution >= 0.6 is 11.6 Å². The van der Waals surface area contributed by atoms with Crippen molar-refractivity contribution < 1.29 is 15.0 Å². The van der Waals surface area contributed by atoms with E-state index in [4.69, 9.17) is 10.2 Å². The molecule has 0 radical (unpaired) electrons. The first-order valence-electron chi connectivity index (χ1n) is 1.20. The second-order valence-corrected chi connectivity index (χ2v) is 1.05. The normalized spacial score (nSPS) is 9.33. The molecular weight excluding hydrogens is 107 g/mol. The molecular formula is C2H3ClO3. The van der Waals surface area contributed by atoms with E-state index in [1.165, 1.54) is 0 Å². The Hall–Kier alpha value is -0.120. The molecule has 3 nitrogen and oxygen atoms in total. The lowest BCUT2D eigenvalue weighted by molar-refractivity contribution is -0.135. The molecule has 0 bridgehead atoms. The Morgan fingerprint density at radius 3 is 1.83 bits per heavy atom. The third-order valence-corrected chi connectivity index (χ3v) is 0.398. The van der Waals surface area contributed by atoms with Crippen molar-refractivity contribution in [3.8, 4) is 0 Å². The Bertz CT molecular complexity index is 59.8. The van der Waals surface area contributed by atoms with E-state index in [1.807, 2.05) is 0 Å². The monoisotopic (exact) mass is 110 g/mol. The van der Waals surface area contributed by atoms with Gasteiger partial charge < -0.3 is 10.2 Å². The van der Waals surface area contributed by atoms with Crippen LogP contribution in [0, 0.1) is 0 Å². The van der Waals surface area contributed by atoms with Gasteiger partial charge in [0, 0.05) is 0 Å². The third kappa shape index (κ3) is 2.14. The van der Waals surface area contributed by atoms with Gasteiger partial charge >= 0.3 is 0 Å². The molecule has 0 unspecified atom stereocenters. The molecule has 0 saturated heterocycles. The van der Waals surface area contributed by atoms with Crippen molar-refractivity contribution in [3.63, 3.8) is 0 Å². The highest BCUT2D eigenvalue weighted by molar-refractivity contribution is 6.64. The second kappa shape index (κ2) is 2.12. The minimum atomic E-state index is -2.02. The maximum atomic E-state index is 9.41. The zero-order valence-corrected chi connectivity index (χ0v) is 3.51. The van der Waals surface area contributed by atoms with Crippen molar-refractivity contribution in [1.29, 1.82) is 0 Å². The van der Waals surface area contributed by atoms with Gasteiger partial charge in [-0.3, -0.25) is 4.79 Å². The highest BCUT2D eigenvalue weighted by atomic mass is 35.5. The fourth-order valence-electron chi connectivity index (χ4n) is 0. The van der Waals surface area contributed by atoms with Crippen LogP contribution in [0.4, 0.5) is 0 Å². The Morgan fingerprint density at radius 1 is 1.67 bits per heavy atom. The number of hydrogen-bond acceptors (Lipinski definition) is 3. The molecule has 0 aromatic rings. The van der Waals surface area contributed by atoms with Crippen molar-refractivity contribution in [1.82, 2.24) is 0 Å². The molecule has 0 spiro atoms. The molecule has 0 aromatic carbocycles. The molecule has 0 fully saturated rings. The summed E-state index contributed by atoms with van der Waals surface area (Å²) in [6.07, 6.45) is -2.02. The molecule has 0 amide bonds. The molecule has 36 valence electrons. The highest BCUT2D eigenvalue weighted by Crippen LogP contribution is 1.81. The third-order valence-electron chi connectivity index (χ3n) is 0.203. The number of rotatable bonds is 1. The van der Waals surface area contributed by atoms with E-state index in [0.29, 0.717) is 0 Å². The predicted molar refractivity (Wildman–Crippen MR) is 19.1 cm³/mol. The Kier molecular flexibility index (Phi) is 2.08. The summed E-state index contributed by atoms with van der Waals surface area (Å²) in [5, 5.41) is 14.3. The topological polar surface area (TPSA) is 57.5 Å². The maximum absolute atomic E-state index is 9.41. The molecule has 0 aromatic heterocycles. The van der Waals surface area contributed by atoms with Crippen molar-refractivity contribution >= 4 is 16.8 Å². The molecule has 0 atom stereocenters. The van der Waals surface area contributed by atoms with Gasteiger partial charge in [0.05, 0.1) is 0 Å². The van der Waals surface area contributed by atoms with Gasteiger partial charge in [0.2, 0.25) is 6.29 Å². The summed E-state index contributed by atoms with van der Waals surface area (Å²) in [5.74, 6) is 0. The van der Waals surface area contributed by atoms with E-state index in [0.717, 1.165) is 0 Å². The van der Waals surface area contributed by atoms with Gasteiger partial charge in [-0.1, -0.05) is 0 Å². The maximum Gasteiger partial charge on any atom is 0.277 e. The Labute approximate surface area is 39.2 Å². The van der Waals surface area contributed by atoms with E-state index in [2.05, 4.69) is 11.6 Å². The first-order chi connectivity index (χ1) is 2.64. The Morgan fingerprint density at radius 2 is 1.83 bits per heavy atom. The van der Waals surface area contributed by atoms with Crippen molar-refractivity contribution in [2.45, 2.75) is 6.29 Å². The van der Waals surface area contributed by atoms with Crippen LogP contribution < -0.4 is 0 Å². The SMILES string of the molecule is O=C(Cl)C(O)O. The smallest absolute Gasteiger partial charge is 0.277 e. The summed E-state index contributed by atoms with van der Waals surface area (Å²) in [6.45, 7) is 0. The van der Waals surface area contributed by atoms with Crippen LogP contribution in [0.1, 0.15) is 0 Å². The summed E-state index contributed by atoms with van der Waals surface area (Å²) in [4.78, 5) is 9.41. The molecule has 0 aliphatic heterocycles. The average molecular weight is 110 g/mol. The van der Waals surface area contributed by atoms with E-state index >= 15 is 0 Å². The predicted octanol–water partition coefficient (Wildman–Crippen LogP) is -0.938. The fraction of sp³-hybridized carbons (Fsp3) is 0.500. The number of hydrogen-bond donors (Lipinski definition) is 2. The molecule has 0 aliphatic rings. The van der Waals surface area contributed by atoms with Crippen LogP contribution in [-0.2, 0) is 4.79 Å². The highest BCUT2D eigenvalue weighted by Gasteiger charge is 2.03. The summed E-state index contributed by atoms with van der Waals surface area (Å²) < 4.78 is 0. The minimum Gasteiger partial charge on any atom is -0.361 e. The van der Waals surface area contributed by atoms with Crippen molar-refractivity contribution in [3.05, 3.63) is 0 Å². The lowest BCUT2D eigenvalue weighted by Crippen LogP contribution is -2.11. The van der Waals surface area contributed by atoms with Gasteiger partial charge in [0.1, 0.15) is 0 Å². The van der Waals surface area contributed by atoms with Gasteiger partial charge in [0.25, 0.3) is 5.24 Å². The van der Waals surface area contributed by atoms with Gasteiger partial charge in [-0.25, -0.2) is 0 Å². The number of halogens is 1. The van der Waals surface area contributed by atoms with Crippen LogP contribution in [0.3, 0.4) is 0 Å². The second-order valence-electron chi connectivity index (χ2n) is 0.678. The largest absolute Gasteiger partial charge is 0.361 e. The van der Waals surface area contributed by atoms with Crippen LogP contribution in [0.5, 0.6) is 0 Å². The fourth-order valence-corrected chi connectivity index (χ4v) is 0. The number of aliphatic hydroxyl groups excluding tert-OH is 1. The number of carbonyl (C=O) groups excluding carboxylic acids is 1. The van der Waals surface area contributed by atoms with E-state index < -0.39 is 11.5 Å². The van der Waals surface area contributed by atoms with Crippen LogP contribution in [-0.4, -0.2) is 21.7 Å². The molecule has 0 rings (SSSR count). The summed E-state index contributed by atoms with van der Waals surface area (Å²) >= 11 is 4.47. The molecule has 0 aliphatic carbocycles. The standard InChI is InChI=1S/C2H3ClO3/c3-1(4)2(5)6/h2,5-6H. The first kappa shape index (κ1) is 5.88. The molecule has 2 N–H and O–H groups in total. The van der Waals surface area contributed by atoms with Gasteiger partial charge in [0.15, 0.2) is 0 Å². The molecule has 6 heavy (non-hydrogen) atoms. The summed E-state index contributed by atoms with van der Waals surface area (Å²) in [6, 6.07) is 0. The van der Waals surface area contributed by atoms with Crippen molar-refractivity contribution in [2.75, 3.05) is 0 Å². The zero-order valence-electron chi connectivity index (χ0n) is 2.76. The minimum absolute atomic E-state index is 1.16. The zero-order chi connectivity index (χ0) is 5.15. The van der Waals surface area contributed by atoms with E-state index in [9.17, 15) is 4.79 Å². The number of aliphatic hydroxyl groups is 2. The lowest BCUT2D eigenvalue weighted by Gasteiger charge is -1.87. The van der Waals surface area contributed by atoms with Crippen LogP contribution in [0.25, 0.3) is 0 Å². The summed E-state index contributed by atoms with van der Waals surface area (Å²) in [5.41, 5.74) is 0. The van der Waals surface area contributed by atoms with Crippen LogP contribution in [0.15, 0.2) is 0 Å². The molecule has 4 heteroatoms. The Balaban J connectivity index is 3.26. The van der Waals surface area contributed by atoms with Gasteiger partial charge in [-0.15, -0.1) is 0 Å². The van der Waals surface area contributed by atoms with Gasteiger partial charge in [-0.2, -0.15) is 0 Å². The lowest BCUT2D eigenvalue weighted by atomic mass is 10.7. The van der Waals surface area contributed by atoms with Gasteiger partial charge in [-0.05, 0) is 11.6 Å². The molecule has 0 heterocycles. The first-order valence-corrected chi connectivity index (χ1v) is 1.58. The van der Waals surface area contributed by atoms with E-state index in [1.54, 1.807) is 0 Å². The number of carbonyl (C=O) groups is 1. The average Bonchev–Trinajstić information content (AvgIpc) is 1.36. The van der Waals surface area contributed by atoms with E-state index in [-0.39, 0.29) is 0 Å².